The second-order valence-corrected chi connectivity index (χ2v) is 5.88. The van der Waals surface area contributed by atoms with Crippen molar-refractivity contribution in [2.75, 3.05) is 26.5 Å². The van der Waals surface area contributed by atoms with Gasteiger partial charge < -0.3 is 15.2 Å². The van der Waals surface area contributed by atoms with Crippen LogP contribution in [0.1, 0.15) is 24.1 Å². The van der Waals surface area contributed by atoms with Gasteiger partial charge >= 0.3 is 0 Å². The van der Waals surface area contributed by atoms with Gasteiger partial charge in [0.2, 0.25) is 0 Å². The Morgan fingerprint density at radius 3 is 2.72 bits per heavy atom. The fourth-order valence-corrected chi connectivity index (χ4v) is 2.74. The average Bonchev–Trinajstić information content (AvgIpc) is 2.39. The van der Waals surface area contributed by atoms with Crippen LogP contribution >= 0.6 is 11.8 Å². The number of aliphatic hydroxyl groups excluding tert-OH is 1. The molecule has 0 radical (unpaired) electrons. The van der Waals surface area contributed by atoms with Gasteiger partial charge in [0.1, 0.15) is 5.75 Å². The molecule has 4 heteroatoms. The molecule has 3 nitrogen and oxygen atoms in total. The van der Waals surface area contributed by atoms with Crippen LogP contribution in [0.2, 0.25) is 0 Å². The van der Waals surface area contributed by atoms with Gasteiger partial charge in [-0.2, -0.15) is 11.8 Å². The van der Waals surface area contributed by atoms with Crippen molar-refractivity contribution in [3.05, 3.63) is 29.3 Å². The zero-order valence-electron chi connectivity index (χ0n) is 11.6. The highest BCUT2D eigenvalue weighted by molar-refractivity contribution is 7.99. The maximum atomic E-state index is 9.07. The first kappa shape index (κ1) is 15.3. The molecule has 1 aromatic rings. The Hall–Kier alpha value is -0.710. The molecule has 0 heterocycles. The number of thioether (sulfide) groups is 1. The number of methoxy groups -OCH3 is 1. The van der Waals surface area contributed by atoms with Gasteiger partial charge in [-0.15, -0.1) is 0 Å². The second kappa shape index (κ2) is 7.67. The number of hydrogen-bond acceptors (Lipinski definition) is 4. The lowest BCUT2D eigenvalue weighted by molar-refractivity contribution is 0.300. The summed E-state index contributed by atoms with van der Waals surface area (Å²) in [6.45, 7) is 4.33. The number of benzene rings is 1. The summed E-state index contributed by atoms with van der Waals surface area (Å²) in [5.74, 6) is 1.83. The van der Waals surface area contributed by atoms with Gasteiger partial charge in [0.25, 0.3) is 0 Å². The molecule has 1 aromatic carbocycles. The van der Waals surface area contributed by atoms with Crippen LogP contribution in [0, 0.1) is 6.92 Å². The van der Waals surface area contributed by atoms with Gasteiger partial charge in [-0.1, -0.05) is 24.6 Å². The van der Waals surface area contributed by atoms with Gasteiger partial charge in [-0.25, -0.2) is 0 Å². The molecular formula is C14H23NO2S. The van der Waals surface area contributed by atoms with E-state index in [2.05, 4.69) is 24.4 Å². The molecule has 0 aromatic heterocycles. The van der Waals surface area contributed by atoms with Crippen molar-refractivity contribution in [1.82, 2.24) is 5.32 Å². The third-order valence-corrected chi connectivity index (χ3v) is 4.16. The van der Waals surface area contributed by atoms with E-state index in [1.165, 1.54) is 11.1 Å². The summed E-state index contributed by atoms with van der Waals surface area (Å²) in [5.41, 5.74) is 2.41. The minimum Gasteiger partial charge on any atom is -0.496 e. The smallest absolute Gasteiger partial charge is 0.123 e. The van der Waals surface area contributed by atoms with E-state index in [1.54, 1.807) is 18.9 Å². The van der Waals surface area contributed by atoms with E-state index in [0.29, 0.717) is 0 Å². The first-order valence-electron chi connectivity index (χ1n) is 6.16. The Morgan fingerprint density at radius 2 is 2.17 bits per heavy atom. The zero-order valence-corrected chi connectivity index (χ0v) is 12.4. The normalized spacial score (nSPS) is 14.3. The molecule has 0 saturated heterocycles. The molecule has 0 spiro atoms. The minimum atomic E-state index is 0.214. The molecule has 2 unspecified atom stereocenters. The molecule has 0 bridgehead atoms. The van der Waals surface area contributed by atoms with Crippen molar-refractivity contribution in [3.8, 4) is 5.75 Å². The number of hydrogen-bond donors (Lipinski definition) is 2. The molecule has 2 atom stereocenters. The molecule has 102 valence electrons. The van der Waals surface area contributed by atoms with E-state index in [4.69, 9.17) is 9.84 Å². The molecule has 0 aliphatic carbocycles. The standard InChI is InChI=1S/C14H23NO2S/c1-10-5-6-14(17-4)12(7-10)13(15-3)9-18-11(2)8-16/h5-7,11,13,15-16H,8-9H2,1-4H3. The minimum absolute atomic E-state index is 0.214. The lowest BCUT2D eigenvalue weighted by atomic mass is 10.0. The van der Waals surface area contributed by atoms with Gasteiger partial charge in [-0.05, 0) is 20.0 Å². The van der Waals surface area contributed by atoms with E-state index in [-0.39, 0.29) is 17.9 Å². The van der Waals surface area contributed by atoms with Crippen LogP contribution in [0.15, 0.2) is 18.2 Å². The molecule has 0 saturated carbocycles. The summed E-state index contributed by atoms with van der Waals surface area (Å²) in [4.78, 5) is 0. The maximum Gasteiger partial charge on any atom is 0.123 e. The number of aliphatic hydroxyl groups is 1. The Bertz CT molecular complexity index is 371. The topological polar surface area (TPSA) is 41.5 Å². The molecule has 1 rings (SSSR count). The first-order valence-corrected chi connectivity index (χ1v) is 7.21. The number of rotatable bonds is 7. The molecule has 0 fully saturated rings. The highest BCUT2D eigenvalue weighted by Gasteiger charge is 2.16. The van der Waals surface area contributed by atoms with E-state index < -0.39 is 0 Å². The third-order valence-electron chi connectivity index (χ3n) is 2.91. The Labute approximate surface area is 114 Å². The molecule has 0 aliphatic heterocycles. The van der Waals surface area contributed by atoms with E-state index >= 15 is 0 Å². The fourth-order valence-electron chi connectivity index (χ4n) is 1.77. The van der Waals surface area contributed by atoms with Crippen molar-refractivity contribution < 1.29 is 9.84 Å². The Balaban J connectivity index is 2.83. The van der Waals surface area contributed by atoms with Crippen LogP contribution in [-0.2, 0) is 0 Å². The van der Waals surface area contributed by atoms with Crippen LogP contribution in [0.4, 0.5) is 0 Å². The van der Waals surface area contributed by atoms with Crippen molar-refractivity contribution >= 4 is 11.8 Å². The lowest BCUT2D eigenvalue weighted by Crippen LogP contribution is -2.21. The van der Waals surface area contributed by atoms with Crippen molar-refractivity contribution in [2.24, 2.45) is 0 Å². The molecule has 0 aliphatic rings. The van der Waals surface area contributed by atoms with Crippen LogP contribution < -0.4 is 10.1 Å². The highest BCUT2D eigenvalue weighted by Crippen LogP contribution is 2.29. The van der Waals surface area contributed by atoms with Crippen LogP contribution in [-0.4, -0.2) is 36.9 Å². The zero-order chi connectivity index (χ0) is 13.5. The second-order valence-electron chi connectivity index (χ2n) is 4.41. The van der Waals surface area contributed by atoms with E-state index in [0.717, 1.165) is 11.5 Å². The highest BCUT2D eigenvalue weighted by atomic mass is 32.2. The van der Waals surface area contributed by atoms with Crippen LogP contribution in [0.5, 0.6) is 5.75 Å². The largest absolute Gasteiger partial charge is 0.496 e. The third kappa shape index (κ3) is 4.19. The van der Waals surface area contributed by atoms with Gasteiger partial charge in [0.05, 0.1) is 13.7 Å². The lowest BCUT2D eigenvalue weighted by Gasteiger charge is -2.21. The van der Waals surface area contributed by atoms with E-state index in [1.807, 2.05) is 20.0 Å². The summed E-state index contributed by atoms with van der Waals surface area (Å²) in [6, 6.07) is 6.46. The first-order chi connectivity index (χ1) is 8.62. The predicted octanol–water partition coefficient (Wildman–Crippen LogP) is 2.38. The number of nitrogens with one attached hydrogen (secondary N) is 1. The quantitative estimate of drug-likeness (QED) is 0.797. The number of aryl methyl sites for hydroxylation is 1. The van der Waals surface area contributed by atoms with Crippen molar-refractivity contribution in [1.29, 1.82) is 0 Å². The Kier molecular flexibility index (Phi) is 6.54. The van der Waals surface area contributed by atoms with Gasteiger partial charge in [-0.3, -0.25) is 0 Å². The maximum absolute atomic E-state index is 9.07. The molecule has 0 amide bonds. The van der Waals surface area contributed by atoms with Crippen molar-refractivity contribution in [3.63, 3.8) is 0 Å². The summed E-state index contributed by atoms with van der Waals surface area (Å²) in [6.07, 6.45) is 0. The Morgan fingerprint density at radius 1 is 1.44 bits per heavy atom. The van der Waals surface area contributed by atoms with Crippen LogP contribution in [0.3, 0.4) is 0 Å². The van der Waals surface area contributed by atoms with Crippen LogP contribution in [0.25, 0.3) is 0 Å². The molecule has 2 N–H and O–H groups in total. The van der Waals surface area contributed by atoms with E-state index in [9.17, 15) is 0 Å². The molecule has 18 heavy (non-hydrogen) atoms. The summed E-state index contributed by atoms with van der Waals surface area (Å²) in [5, 5.41) is 12.6. The fraction of sp³-hybridized carbons (Fsp3) is 0.571. The van der Waals surface area contributed by atoms with Crippen molar-refractivity contribution in [2.45, 2.75) is 25.1 Å². The monoisotopic (exact) mass is 269 g/mol. The van der Waals surface area contributed by atoms with Gasteiger partial charge in [0.15, 0.2) is 0 Å². The SMILES string of the molecule is CNC(CSC(C)CO)c1cc(C)ccc1OC. The van der Waals surface area contributed by atoms with Gasteiger partial charge in [0, 0.05) is 22.6 Å². The predicted molar refractivity (Wildman–Crippen MR) is 78.5 cm³/mol. The number of ether oxygens (including phenoxy) is 1. The summed E-state index contributed by atoms with van der Waals surface area (Å²) in [7, 11) is 3.65. The summed E-state index contributed by atoms with van der Waals surface area (Å²) < 4.78 is 5.42. The average molecular weight is 269 g/mol. The summed E-state index contributed by atoms with van der Waals surface area (Å²) >= 11 is 1.76. The molecular weight excluding hydrogens is 246 g/mol.